The number of rotatable bonds is 5. The van der Waals surface area contributed by atoms with E-state index in [4.69, 9.17) is 9.47 Å². The highest BCUT2D eigenvalue weighted by Crippen LogP contribution is 2.27. The molecule has 1 aliphatic rings. The van der Waals surface area contributed by atoms with Gasteiger partial charge >= 0.3 is 5.97 Å². The lowest BCUT2D eigenvalue weighted by atomic mass is 10.2. The van der Waals surface area contributed by atoms with Crippen LogP contribution in [0.3, 0.4) is 0 Å². The van der Waals surface area contributed by atoms with Crippen molar-refractivity contribution in [2.45, 2.75) is 6.04 Å². The van der Waals surface area contributed by atoms with E-state index in [1.807, 2.05) is 18.2 Å². The van der Waals surface area contributed by atoms with Gasteiger partial charge in [-0.1, -0.05) is 18.2 Å². The molecule has 1 unspecified atom stereocenters. The molecule has 2 aromatic rings. The van der Waals surface area contributed by atoms with Gasteiger partial charge in [-0.05, 0) is 36.4 Å². The van der Waals surface area contributed by atoms with Crippen LogP contribution < -0.4 is 9.64 Å². The van der Waals surface area contributed by atoms with E-state index in [-0.39, 0.29) is 12.0 Å². The smallest absolute Gasteiger partial charge is 0.338 e. The molecule has 0 aliphatic carbocycles. The van der Waals surface area contributed by atoms with E-state index in [1.54, 1.807) is 31.4 Å². The van der Waals surface area contributed by atoms with Gasteiger partial charge in [-0.15, -0.1) is 0 Å². The minimum atomic E-state index is -0.294. The average Bonchev–Trinajstić information content (AvgIpc) is 3.33. The molecule has 0 aromatic heterocycles. The Morgan fingerprint density at radius 1 is 1.14 bits per heavy atom. The SMILES string of the molecule is COc1ccc(C(=O)OCC2CN2c2ccccc2)cc1. The highest BCUT2D eigenvalue weighted by atomic mass is 16.5. The number of carbonyl (C=O) groups is 1. The standard InChI is InChI=1S/C17H17NO3/c1-20-16-9-7-13(8-10-16)17(19)21-12-15-11-18(15)14-5-3-2-4-6-14/h2-10,15H,11-12H2,1H3. The minimum Gasteiger partial charge on any atom is -0.497 e. The van der Waals surface area contributed by atoms with Crippen LogP contribution in [0.4, 0.5) is 5.69 Å². The first kappa shape index (κ1) is 13.5. The van der Waals surface area contributed by atoms with Crippen LogP contribution in [0.1, 0.15) is 10.4 Å². The molecule has 0 amide bonds. The van der Waals surface area contributed by atoms with Gasteiger partial charge in [-0.3, -0.25) is 0 Å². The lowest BCUT2D eigenvalue weighted by Crippen LogP contribution is -2.13. The van der Waals surface area contributed by atoms with Crippen molar-refractivity contribution in [1.29, 1.82) is 0 Å². The molecule has 3 rings (SSSR count). The Labute approximate surface area is 123 Å². The lowest BCUT2D eigenvalue weighted by Gasteiger charge is -2.07. The number of esters is 1. The molecule has 4 nitrogen and oxygen atoms in total. The molecule has 0 spiro atoms. The van der Waals surface area contributed by atoms with E-state index >= 15 is 0 Å². The zero-order valence-electron chi connectivity index (χ0n) is 11.9. The van der Waals surface area contributed by atoms with E-state index in [1.165, 1.54) is 5.69 Å². The molecular formula is C17H17NO3. The predicted octanol–water partition coefficient (Wildman–Crippen LogP) is 2.74. The third-order valence-corrected chi connectivity index (χ3v) is 3.54. The number of ether oxygens (including phenoxy) is 2. The Bertz CT molecular complexity index is 610. The summed E-state index contributed by atoms with van der Waals surface area (Å²) in [4.78, 5) is 14.1. The molecule has 1 aliphatic heterocycles. The van der Waals surface area contributed by atoms with E-state index < -0.39 is 0 Å². The van der Waals surface area contributed by atoms with E-state index in [0.29, 0.717) is 12.2 Å². The van der Waals surface area contributed by atoms with E-state index in [2.05, 4.69) is 17.0 Å². The summed E-state index contributed by atoms with van der Waals surface area (Å²) in [5, 5.41) is 0. The second kappa shape index (κ2) is 5.87. The van der Waals surface area contributed by atoms with Crippen LogP contribution >= 0.6 is 0 Å². The Kier molecular flexibility index (Phi) is 3.77. The van der Waals surface area contributed by atoms with Gasteiger partial charge in [0.2, 0.25) is 0 Å². The highest BCUT2D eigenvalue weighted by Gasteiger charge is 2.35. The fourth-order valence-electron chi connectivity index (χ4n) is 2.24. The van der Waals surface area contributed by atoms with Crippen molar-refractivity contribution in [2.75, 3.05) is 25.2 Å². The molecule has 1 atom stereocenters. The van der Waals surface area contributed by atoms with Crippen molar-refractivity contribution in [3.63, 3.8) is 0 Å². The van der Waals surface area contributed by atoms with E-state index in [9.17, 15) is 4.79 Å². The maximum atomic E-state index is 11.9. The fourth-order valence-corrected chi connectivity index (χ4v) is 2.24. The monoisotopic (exact) mass is 283 g/mol. The molecule has 21 heavy (non-hydrogen) atoms. The molecule has 4 heteroatoms. The van der Waals surface area contributed by atoms with Crippen LogP contribution in [-0.4, -0.2) is 32.3 Å². The second-order valence-electron chi connectivity index (χ2n) is 4.97. The summed E-state index contributed by atoms with van der Waals surface area (Å²) in [6.07, 6.45) is 0. The van der Waals surface area contributed by atoms with Gasteiger partial charge in [-0.25, -0.2) is 4.79 Å². The number of hydrogen-bond acceptors (Lipinski definition) is 4. The third-order valence-electron chi connectivity index (χ3n) is 3.54. The third kappa shape index (κ3) is 3.16. The van der Waals surface area contributed by atoms with Crippen LogP contribution in [0.15, 0.2) is 54.6 Å². The average molecular weight is 283 g/mol. The number of para-hydroxylation sites is 1. The van der Waals surface area contributed by atoms with Crippen LogP contribution in [0.25, 0.3) is 0 Å². The van der Waals surface area contributed by atoms with Gasteiger partial charge in [0.25, 0.3) is 0 Å². The van der Waals surface area contributed by atoms with Gasteiger partial charge in [-0.2, -0.15) is 0 Å². The minimum absolute atomic E-state index is 0.287. The summed E-state index contributed by atoms with van der Waals surface area (Å²) in [5.74, 6) is 0.432. The first-order valence-corrected chi connectivity index (χ1v) is 6.91. The summed E-state index contributed by atoms with van der Waals surface area (Å²) in [6.45, 7) is 1.35. The highest BCUT2D eigenvalue weighted by molar-refractivity contribution is 5.89. The number of nitrogens with zero attached hydrogens (tertiary/aromatic N) is 1. The zero-order valence-corrected chi connectivity index (χ0v) is 11.9. The predicted molar refractivity (Wildman–Crippen MR) is 80.9 cm³/mol. The van der Waals surface area contributed by atoms with E-state index in [0.717, 1.165) is 12.3 Å². The van der Waals surface area contributed by atoms with Crippen molar-refractivity contribution < 1.29 is 14.3 Å². The zero-order chi connectivity index (χ0) is 14.7. The maximum Gasteiger partial charge on any atom is 0.338 e. The molecular weight excluding hydrogens is 266 g/mol. The largest absolute Gasteiger partial charge is 0.497 e. The molecule has 0 radical (unpaired) electrons. The summed E-state index contributed by atoms with van der Waals surface area (Å²) in [5.41, 5.74) is 1.71. The van der Waals surface area contributed by atoms with Crippen LogP contribution in [0, 0.1) is 0 Å². The summed E-state index contributed by atoms with van der Waals surface area (Å²) >= 11 is 0. The molecule has 1 saturated heterocycles. The van der Waals surface area contributed by atoms with Gasteiger partial charge in [0.1, 0.15) is 12.4 Å². The Balaban J connectivity index is 1.51. The lowest BCUT2D eigenvalue weighted by molar-refractivity contribution is 0.0510. The van der Waals surface area contributed by atoms with Crippen LogP contribution in [0.2, 0.25) is 0 Å². The normalized spacial score (nSPS) is 16.4. The summed E-state index contributed by atoms with van der Waals surface area (Å²) < 4.78 is 10.4. The van der Waals surface area contributed by atoms with Crippen molar-refractivity contribution in [3.05, 3.63) is 60.2 Å². The first-order chi connectivity index (χ1) is 10.3. The number of carbonyl (C=O) groups excluding carboxylic acids is 1. The van der Waals surface area contributed by atoms with Crippen molar-refractivity contribution in [1.82, 2.24) is 0 Å². The quantitative estimate of drug-likeness (QED) is 0.625. The molecule has 1 heterocycles. The molecule has 2 aromatic carbocycles. The molecule has 0 N–H and O–H groups in total. The van der Waals surface area contributed by atoms with Gasteiger partial charge in [0, 0.05) is 12.2 Å². The van der Waals surface area contributed by atoms with Crippen molar-refractivity contribution in [3.8, 4) is 5.75 Å². The fraction of sp³-hybridized carbons (Fsp3) is 0.235. The van der Waals surface area contributed by atoms with Gasteiger partial charge in [0.05, 0.1) is 18.7 Å². The Morgan fingerprint density at radius 3 is 2.52 bits per heavy atom. The maximum absolute atomic E-state index is 11.9. The van der Waals surface area contributed by atoms with Crippen molar-refractivity contribution in [2.24, 2.45) is 0 Å². The van der Waals surface area contributed by atoms with Gasteiger partial charge in [0.15, 0.2) is 0 Å². The van der Waals surface area contributed by atoms with Crippen LogP contribution in [-0.2, 0) is 4.74 Å². The Morgan fingerprint density at radius 2 is 1.86 bits per heavy atom. The number of benzene rings is 2. The molecule has 1 fully saturated rings. The topological polar surface area (TPSA) is 38.5 Å². The number of methoxy groups -OCH3 is 1. The van der Waals surface area contributed by atoms with Crippen molar-refractivity contribution >= 4 is 11.7 Å². The number of anilines is 1. The molecule has 0 bridgehead atoms. The second-order valence-corrected chi connectivity index (χ2v) is 4.97. The number of hydrogen-bond donors (Lipinski definition) is 0. The summed E-state index contributed by atoms with van der Waals surface area (Å²) in [7, 11) is 1.60. The Hall–Kier alpha value is -2.49. The summed E-state index contributed by atoms with van der Waals surface area (Å²) in [6, 6.07) is 17.3. The van der Waals surface area contributed by atoms with Gasteiger partial charge < -0.3 is 14.4 Å². The first-order valence-electron chi connectivity index (χ1n) is 6.91. The van der Waals surface area contributed by atoms with Crippen LogP contribution in [0.5, 0.6) is 5.75 Å². The molecule has 108 valence electrons. The molecule has 0 saturated carbocycles.